The standard InChI is InChI=1S/C14H23N3O3/c1-6-8-20-11-9-10(3)15-13(16-11)17(7-2)14(4,5)12(18)19/h9H,6-8H2,1-5H3,(H,18,19). The van der Waals surface area contributed by atoms with Gasteiger partial charge in [0.05, 0.1) is 6.61 Å². The van der Waals surface area contributed by atoms with Crippen LogP contribution < -0.4 is 9.64 Å². The Morgan fingerprint density at radius 2 is 2.05 bits per heavy atom. The van der Waals surface area contributed by atoms with Gasteiger partial charge in [0.2, 0.25) is 11.8 Å². The van der Waals surface area contributed by atoms with Crippen molar-refractivity contribution in [1.29, 1.82) is 0 Å². The molecule has 0 atom stereocenters. The number of rotatable bonds is 7. The summed E-state index contributed by atoms with van der Waals surface area (Å²) in [6, 6.07) is 1.75. The summed E-state index contributed by atoms with van der Waals surface area (Å²) in [7, 11) is 0. The number of carboxylic acid groups (broad SMARTS) is 1. The van der Waals surface area contributed by atoms with Crippen LogP contribution in [0.3, 0.4) is 0 Å². The monoisotopic (exact) mass is 281 g/mol. The third-order valence-corrected chi connectivity index (χ3v) is 3.03. The number of aryl methyl sites for hydroxylation is 1. The van der Waals surface area contributed by atoms with Gasteiger partial charge in [-0.05, 0) is 34.1 Å². The van der Waals surface area contributed by atoms with Gasteiger partial charge in [0, 0.05) is 18.3 Å². The van der Waals surface area contributed by atoms with Crippen LogP contribution in [0.1, 0.15) is 39.8 Å². The topological polar surface area (TPSA) is 75.5 Å². The molecule has 1 N–H and O–H groups in total. The molecule has 0 fully saturated rings. The number of aliphatic carboxylic acids is 1. The Labute approximate surface area is 119 Å². The highest BCUT2D eigenvalue weighted by molar-refractivity contribution is 5.81. The van der Waals surface area contributed by atoms with Crippen molar-refractivity contribution in [2.24, 2.45) is 0 Å². The number of likely N-dealkylation sites (N-methyl/N-ethyl adjacent to an activating group) is 1. The van der Waals surface area contributed by atoms with Crippen LogP contribution >= 0.6 is 0 Å². The van der Waals surface area contributed by atoms with E-state index in [0.717, 1.165) is 12.1 Å². The molecule has 0 bridgehead atoms. The predicted octanol–water partition coefficient (Wildman–Crippen LogP) is 2.26. The fraction of sp³-hybridized carbons (Fsp3) is 0.643. The SMILES string of the molecule is CCCOc1cc(C)nc(N(CC)C(C)(C)C(=O)O)n1. The molecule has 0 aromatic carbocycles. The zero-order valence-electron chi connectivity index (χ0n) is 12.8. The Balaban J connectivity index is 3.15. The highest BCUT2D eigenvalue weighted by Gasteiger charge is 2.35. The van der Waals surface area contributed by atoms with E-state index in [2.05, 4.69) is 9.97 Å². The molecule has 6 nitrogen and oxygen atoms in total. The second-order valence-corrected chi connectivity index (χ2v) is 5.10. The highest BCUT2D eigenvalue weighted by atomic mass is 16.5. The first kappa shape index (κ1) is 16.2. The molecule has 0 aliphatic rings. The minimum atomic E-state index is -1.08. The summed E-state index contributed by atoms with van der Waals surface area (Å²) in [6.45, 7) is 10.1. The summed E-state index contributed by atoms with van der Waals surface area (Å²) in [4.78, 5) is 21.7. The lowest BCUT2D eigenvalue weighted by molar-refractivity contribution is -0.142. The second kappa shape index (κ2) is 6.54. The molecule has 1 heterocycles. The number of anilines is 1. The molecule has 0 aliphatic carbocycles. The van der Waals surface area contributed by atoms with E-state index in [1.165, 1.54) is 0 Å². The molecule has 1 rings (SSSR count). The van der Waals surface area contributed by atoms with Crippen LogP contribution in [-0.4, -0.2) is 39.7 Å². The summed E-state index contributed by atoms with van der Waals surface area (Å²) in [5.74, 6) is -0.0551. The van der Waals surface area contributed by atoms with E-state index in [1.54, 1.807) is 24.8 Å². The van der Waals surface area contributed by atoms with E-state index in [0.29, 0.717) is 25.0 Å². The van der Waals surface area contributed by atoms with Crippen LogP contribution in [0, 0.1) is 6.92 Å². The van der Waals surface area contributed by atoms with Crippen molar-refractivity contribution in [2.45, 2.75) is 46.6 Å². The third kappa shape index (κ3) is 3.59. The number of ether oxygens (including phenoxy) is 1. The molecule has 0 aliphatic heterocycles. The molecule has 6 heteroatoms. The van der Waals surface area contributed by atoms with Gasteiger partial charge in [0.1, 0.15) is 5.54 Å². The zero-order valence-corrected chi connectivity index (χ0v) is 12.8. The third-order valence-electron chi connectivity index (χ3n) is 3.03. The van der Waals surface area contributed by atoms with Gasteiger partial charge in [-0.1, -0.05) is 6.92 Å². The van der Waals surface area contributed by atoms with E-state index < -0.39 is 11.5 Å². The summed E-state index contributed by atoms with van der Waals surface area (Å²) in [5.41, 5.74) is -0.328. The average molecular weight is 281 g/mol. The van der Waals surface area contributed by atoms with Crippen molar-refractivity contribution < 1.29 is 14.6 Å². The number of hydrogen-bond acceptors (Lipinski definition) is 5. The molecule has 0 saturated carbocycles. The van der Waals surface area contributed by atoms with Crippen molar-refractivity contribution in [2.75, 3.05) is 18.1 Å². The second-order valence-electron chi connectivity index (χ2n) is 5.10. The molecule has 0 spiro atoms. The lowest BCUT2D eigenvalue weighted by Crippen LogP contribution is -2.51. The van der Waals surface area contributed by atoms with Crippen LogP contribution in [0.15, 0.2) is 6.07 Å². The van der Waals surface area contributed by atoms with Crippen LogP contribution in [0.5, 0.6) is 5.88 Å². The predicted molar refractivity (Wildman–Crippen MR) is 77.3 cm³/mol. The summed E-state index contributed by atoms with van der Waals surface area (Å²) in [5, 5.41) is 9.36. The quantitative estimate of drug-likeness (QED) is 0.826. The van der Waals surface area contributed by atoms with Gasteiger partial charge in [-0.3, -0.25) is 0 Å². The maximum Gasteiger partial charge on any atom is 0.329 e. The zero-order chi connectivity index (χ0) is 15.3. The van der Waals surface area contributed by atoms with Gasteiger partial charge in [-0.25, -0.2) is 9.78 Å². The molecular formula is C14H23N3O3. The van der Waals surface area contributed by atoms with Crippen LogP contribution in [0.2, 0.25) is 0 Å². The fourth-order valence-corrected chi connectivity index (χ4v) is 1.83. The Morgan fingerprint density at radius 1 is 1.40 bits per heavy atom. The number of carbonyl (C=O) groups is 1. The molecule has 0 amide bonds. The fourth-order valence-electron chi connectivity index (χ4n) is 1.83. The Bertz CT molecular complexity index is 475. The van der Waals surface area contributed by atoms with Gasteiger partial charge in [0.15, 0.2) is 0 Å². The molecule has 0 radical (unpaired) electrons. The van der Waals surface area contributed by atoms with Crippen molar-refractivity contribution in [3.05, 3.63) is 11.8 Å². The number of hydrogen-bond donors (Lipinski definition) is 1. The maximum absolute atomic E-state index is 11.4. The van der Waals surface area contributed by atoms with E-state index in [-0.39, 0.29) is 0 Å². The lowest BCUT2D eigenvalue weighted by Gasteiger charge is -2.34. The molecule has 1 aromatic heterocycles. The van der Waals surface area contributed by atoms with E-state index in [4.69, 9.17) is 4.74 Å². The average Bonchev–Trinajstić information content (AvgIpc) is 2.36. The summed E-state index contributed by atoms with van der Waals surface area (Å²) in [6.07, 6.45) is 0.885. The van der Waals surface area contributed by atoms with Crippen LogP contribution in [0.25, 0.3) is 0 Å². The molecule has 112 valence electrons. The van der Waals surface area contributed by atoms with Crippen molar-refractivity contribution in [1.82, 2.24) is 9.97 Å². The Kier molecular flexibility index (Phi) is 5.30. The van der Waals surface area contributed by atoms with E-state index in [1.807, 2.05) is 20.8 Å². The minimum Gasteiger partial charge on any atom is -0.480 e. The van der Waals surface area contributed by atoms with Gasteiger partial charge < -0.3 is 14.7 Å². The first-order valence-corrected chi connectivity index (χ1v) is 6.82. The molecule has 1 aromatic rings. The normalized spacial score (nSPS) is 11.2. The van der Waals surface area contributed by atoms with E-state index in [9.17, 15) is 9.90 Å². The van der Waals surface area contributed by atoms with Crippen molar-refractivity contribution in [3.8, 4) is 5.88 Å². The summed E-state index contributed by atoms with van der Waals surface area (Å²) < 4.78 is 5.52. The summed E-state index contributed by atoms with van der Waals surface area (Å²) >= 11 is 0. The van der Waals surface area contributed by atoms with Crippen LogP contribution in [-0.2, 0) is 4.79 Å². The highest BCUT2D eigenvalue weighted by Crippen LogP contribution is 2.23. The van der Waals surface area contributed by atoms with Crippen molar-refractivity contribution in [3.63, 3.8) is 0 Å². The van der Waals surface area contributed by atoms with Gasteiger partial charge in [0.25, 0.3) is 0 Å². The number of carboxylic acids is 1. The van der Waals surface area contributed by atoms with Gasteiger partial charge >= 0.3 is 5.97 Å². The molecule has 0 saturated heterocycles. The molecular weight excluding hydrogens is 258 g/mol. The van der Waals surface area contributed by atoms with Gasteiger partial charge in [-0.15, -0.1) is 0 Å². The Hall–Kier alpha value is -1.85. The number of nitrogens with zero attached hydrogens (tertiary/aromatic N) is 3. The lowest BCUT2D eigenvalue weighted by atomic mass is 10.0. The van der Waals surface area contributed by atoms with Crippen molar-refractivity contribution >= 4 is 11.9 Å². The first-order valence-electron chi connectivity index (χ1n) is 6.82. The minimum absolute atomic E-state index is 0.381. The van der Waals surface area contributed by atoms with Crippen LogP contribution in [0.4, 0.5) is 5.95 Å². The maximum atomic E-state index is 11.4. The molecule has 0 unspecified atom stereocenters. The van der Waals surface area contributed by atoms with Gasteiger partial charge in [-0.2, -0.15) is 4.98 Å². The molecule has 20 heavy (non-hydrogen) atoms. The number of aromatic nitrogens is 2. The van der Waals surface area contributed by atoms with E-state index >= 15 is 0 Å². The smallest absolute Gasteiger partial charge is 0.329 e. The largest absolute Gasteiger partial charge is 0.480 e. The first-order chi connectivity index (χ1) is 9.32. The Morgan fingerprint density at radius 3 is 2.55 bits per heavy atom.